The Morgan fingerprint density at radius 1 is 1.16 bits per heavy atom. The topological polar surface area (TPSA) is 51.0 Å². The molecule has 1 aliphatic carbocycles. The van der Waals surface area contributed by atoms with Crippen molar-refractivity contribution in [3.05, 3.63) is 11.7 Å². The first kappa shape index (κ1) is 14.5. The maximum Gasteiger partial charge on any atom is 0.231 e. The molecule has 0 radical (unpaired) electrons. The van der Waals surface area contributed by atoms with Crippen molar-refractivity contribution < 1.29 is 4.52 Å². The quantitative estimate of drug-likeness (QED) is 0.885. The molecule has 4 heteroatoms. The van der Waals surface area contributed by atoms with E-state index in [1.807, 2.05) is 7.05 Å². The van der Waals surface area contributed by atoms with E-state index in [-0.39, 0.29) is 5.92 Å². The summed E-state index contributed by atoms with van der Waals surface area (Å²) in [6.07, 6.45) is 6.39. The molecule has 1 aliphatic rings. The normalized spacial score (nSPS) is 20.7. The third-order valence-electron chi connectivity index (χ3n) is 4.43. The van der Waals surface area contributed by atoms with Crippen LogP contribution in [0.4, 0.5) is 0 Å². The Labute approximate surface area is 116 Å². The van der Waals surface area contributed by atoms with E-state index in [1.54, 1.807) is 0 Å². The Morgan fingerprint density at radius 3 is 2.42 bits per heavy atom. The molecular formula is C15H27N3O. The summed E-state index contributed by atoms with van der Waals surface area (Å²) in [5.41, 5.74) is 0. The van der Waals surface area contributed by atoms with E-state index in [9.17, 15) is 0 Å². The molecular weight excluding hydrogens is 238 g/mol. The third-order valence-corrected chi connectivity index (χ3v) is 4.43. The van der Waals surface area contributed by atoms with Gasteiger partial charge in [-0.05, 0) is 32.7 Å². The molecule has 1 fully saturated rings. The summed E-state index contributed by atoms with van der Waals surface area (Å²) in [7, 11) is 1.98. The summed E-state index contributed by atoms with van der Waals surface area (Å²) in [6, 6.07) is 0.347. The zero-order chi connectivity index (χ0) is 13.8. The van der Waals surface area contributed by atoms with Gasteiger partial charge in [0.25, 0.3) is 0 Å². The summed E-state index contributed by atoms with van der Waals surface area (Å²) in [5.74, 6) is 3.03. The zero-order valence-electron chi connectivity index (χ0n) is 12.6. The molecule has 1 saturated carbocycles. The summed E-state index contributed by atoms with van der Waals surface area (Å²) in [6.45, 7) is 6.60. The van der Waals surface area contributed by atoms with Gasteiger partial charge in [-0.1, -0.05) is 38.3 Å². The highest BCUT2D eigenvalue weighted by Gasteiger charge is 2.29. The second kappa shape index (κ2) is 6.51. The molecule has 0 aliphatic heterocycles. The Balaban J connectivity index is 2.13. The van der Waals surface area contributed by atoms with E-state index in [0.717, 1.165) is 11.7 Å². The van der Waals surface area contributed by atoms with Crippen LogP contribution in [0.3, 0.4) is 0 Å². The van der Waals surface area contributed by atoms with Crippen molar-refractivity contribution in [2.24, 2.45) is 5.92 Å². The van der Waals surface area contributed by atoms with Crippen LogP contribution in [-0.4, -0.2) is 23.2 Å². The molecule has 108 valence electrons. The smallest absolute Gasteiger partial charge is 0.231 e. The molecule has 1 heterocycles. The monoisotopic (exact) mass is 265 g/mol. The van der Waals surface area contributed by atoms with Gasteiger partial charge in [0, 0.05) is 12.0 Å². The van der Waals surface area contributed by atoms with Crippen molar-refractivity contribution in [3.63, 3.8) is 0 Å². The lowest BCUT2D eigenvalue weighted by Gasteiger charge is -2.23. The van der Waals surface area contributed by atoms with E-state index in [0.29, 0.717) is 17.9 Å². The predicted molar refractivity (Wildman–Crippen MR) is 76.2 cm³/mol. The summed E-state index contributed by atoms with van der Waals surface area (Å²) >= 11 is 0. The molecule has 0 spiro atoms. The van der Waals surface area contributed by atoms with Crippen molar-refractivity contribution in [2.75, 3.05) is 7.05 Å². The number of nitrogens with zero attached hydrogens (tertiary/aromatic N) is 2. The van der Waals surface area contributed by atoms with E-state index in [4.69, 9.17) is 9.51 Å². The van der Waals surface area contributed by atoms with Crippen molar-refractivity contribution in [1.82, 2.24) is 15.5 Å². The first-order chi connectivity index (χ1) is 9.13. The largest absolute Gasteiger partial charge is 0.339 e. The fourth-order valence-electron chi connectivity index (χ4n) is 3.17. The minimum absolute atomic E-state index is 0.287. The van der Waals surface area contributed by atoms with Gasteiger partial charge in [-0.15, -0.1) is 0 Å². The minimum Gasteiger partial charge on any atom is -0.339 e. The Kier molecular flexibility index (Phi) is 4.97. The standard InChI is InChI=1S/C15H27N3O/c1-10(2)13(11(3)16-4)15-17-14(18-19-15)12-8-6-5-7-9-12/h10-13,16H,5-9H2,1-4H3. The van der Waals surface area contributed by atoms with Crippen molar-refractivity contribution in [1.29, 1.82) is 0 Å². The lowest BCUT2D eigenvalue weighted by molar-refractivity contribution is 0.283. The van der Waals surface area contributed by atoms with Gasteiger partial charge in [-0.2, -0.15) is 4.98 Å². The lowest BCUT2D eigenvalue weighted by Crippen LogP contribution is -2.32. The highest BCUT2D eigenvalue weighted by Crippen LogP contribution is 2.33. The van der Waals surface area contributed by atoms with Crippen LogP contribution in [0.5, 0.6) is 0 Å². The maximum atomic E-state index is 5.56. The summed E-state index contributed by atoms with van der Waals surface area (Å²) in [5, 5.41) is 7.55. The van der Waals surface area contributed by atoms with Gasteiger partial charge >= 0.3 is 0 Å². The number of hydrogen-bond acceptors (Lipinski definition) is 4. The molecule has 2 atom stereocenters. The average molecular weight is 265 g/mol. The maximum absolute atomic E-state index is 5.56. The van der Waals surface area contributed by atoms with Crippen LogP contribution in [-0.2, 0) is 0 Å². The molecule has 2 unspecified atom stereocenters. The lowest BCUT2D eigenvalue weighted by atomic mass is 9.88. The van der Waals surface area contributed by atoms with Gasteiger partial charge in [0.1, 0.15) is 0 Å². The number of rotatable bonds is 5. The average Bonchev–Trinajstić information content (AvgIpc) is 2.88. The SMILES string of the molecule is CNC(C)C(c1nc(C2CCCCC2)no1)C(C)C. The van der Waals surface area contributed by atoms with Gasteiger partial charge in [-0.25, -0.2) is 0 Å². The van der Waals surface area contributed by atoms with Gasteiger partial charge in [0.15, 0.2) is 5.82 Å². The zero-order valence-corrected chi connectivity index (χ0v) is 12.6. The van der Waals surface area contributed by atoms with Crippen molar-refractivity contribution >= 4 is 0 Å². The number of nitrogens with one attached hydrogen (secondary N) is 1. The van der Waals surface area contributed by atoms with Crippen LogP contribution < -0.4 is 5.32 Å². The molecule has 0 amide bonds. The highest BCUT2D eigenvalue weighted by molar-refractivity contribution is 5.03. The molecule has 1 N–H and O–H groups in total. The number of hydrogen-bond donors (Lipinski definition) is 1. The first-order valence-corrected chi connectivity index (χ1v) is 7.64. The van der Waals surface area contributed by atoms with Crippen molar-refractivity contribution in [2.45, 2.75) is 70.8 Å². The Hall–Kier alpha value is -0.900. The predicted octanol–water partition coefficient (Wildman–Crippen LogP) is 3.46. The fourth-order valence-corrected chi connectivity index (χ4v) is 3.17. The fraction of sp³-hybridized carbons (Fsp3) is 0.867. The van der Waals surface area contributed by atoms with Crippen LogP contribution >= 0.6 is 0 Å². The molecule has 0 aromatic carbocycles. The molecule has 0 bridgehead atoms. The third kappa shape index (κ3) is 3.35. The second-order valence-corrected chi connectivity index (χ2v) is 6.17. The van der Waals surface area contributed by atoms with Gasteiger partial charge < -0.3 is 9.84 Å². The molecule has 1 aromatic rings. The highest BCUT2D eigenvalue weighted by atomic mass is 16.5. The van der Waals surface area contributed by atoms with Crippen LogP contribution in [0.15, 0.2) is 4.52 Å². The van der Waals surface area contributed by atoms with Crippen LogP contribution in [0.25, 0.3) is 0 Å². The van der Waals surface area contributed by atoms with E-state index in [2.05, 4.69) is 31.2 Å². The van der Waals surface area contributed by atoms with E-state index in [1.165, 1.54) is 32.1 Å². The number of likely N-dealkylation sites (N-methyl/N-ethyl adjacent to an activating group) is 1. The van der Waals surface area contributed by atoms with E-state index >= 15 is 0 Å². The number of aromatic nitrogens is 2. The molecule has 2 rings (SSSR count). The molecule has 1 aromatic heterocycles. The van der Waals surface area contributed by atoms with Gasteiger partial charge in [0.2, 0.25) is 5.89 Å². The van der Waals surface area contributed by atoms with Gasteiger partial charge in [-0.3, -0.25) is 0 Å². The molecule has 0 saturated heterocycles. The molecule has 4 nitrogen and oxygen atoms in total. The Bertz CT molecular complexity index is 382. The van der Waals surface area contributed by atoms with Crippen LogP contribution in [0.2, 0.25) is 0 Å². The van der Waals surface area contributed by atoms with Crippen molar-refractivity contribution in [3.8, 4) is 0 Å². The minimum atomic E-state index is 0.287. The van der Waals surface area contributed by atoms with Crippen LogP contribution in [0, 0.1) is 5.92 Å². The Morgan fingerprint density at radius 2 is 1.84 bits per heavy atom. The van der Waals surface area contributed by atoms with Crippen LogP contribution in [0.1, 0.15) is 76.4 Å². The summed E-state index contributed by atoms with van der Waals surface area (Å²) in [4.78, 5) is 4.71. The molecule has 19 heavy (non-hydrogen) atoms. The first-order valence-electron chi connectivity index (χ1n) is 7.64. The van der Waals surface area contributed by atoms with E-state index < -0.39 is 0 Å². The summed E-state index contributed by atoms with van der Waals surface area (Å²) < 4.78 is 5.56. The van der Waals surface area contributed by atoms with Gasteiger partial charge in [0.05, 0.1) is 5.92 Å². The second-order valence-electron chi connectivity index (χ2n) is 6.17.